The lowest BCUT2D eigenvalue weighted by Gasteiger charge is -2.76. The summed E-state index contributed by atoms with van der Waals surface area (Å²) in [5.41, 5.74) is 13.6. The molecule has 0 radical (unpaired) electrons. The third kappa shape index (κ3) is 9.87. The zero-order chi connectivity index (χ0) is 64.2. The molecule has 7 nitrogen and oxygen atoms in total. The summed E-state index contributed by atoms with van der Waals surface area (Å²) in [6.45, 7) is 12.4. The maximum atomic E-state index is 14.9. The third-order valence-corrected chi connectivity index (χ3v) is 29.2. The standard InChI is InChI=1S/C87H106N2O5/c1-56-25-32-70(80(92)93)79-76(90)54-87-75-53-84-41-15-40-82(2)77(91)38-45-86(81(82)84,74(75)51-66(83(79,87)3)37-44-85(87)42-35-62(36-43-85)68(33-28-57-16-7-5-8-17-57)61-29-26-58(27-30-61)39-47-94-4)73-50-64-21-11-12-23-69(64)71(72(73)52-84)49-59-18-13-22-63(48-59)65-31-34-78(89-55-65)88-46-14-24-67(56)60-19-9-6-10-20-60/h5,7-8,11-13,15-18,21-23,26-27,29-31,34,41,48,50,52,60,62,66-68,70,73,76-77,79,81,88-91H,1,6,9-10,14,19-20,24-25,28,32-33,35-40,42-47,49,51,53-55H2,2-4H3,(H,92,93). The van der Waals surface area contributed by atoms with Gasteiger partial charge in [0.25, 0.3) is 0 Å². The van der Waals surface area contributed by atoms with Gasteiger partial charge >= 0.3 is 5.97 Å². The number of rotatable bonds is 10. The molecule has 16 aliphatic rings. The number of methoxy groups -OCH3 is 1. The molecule has 0 amide bonds. The van der Waals surface area contributed by atoms with Crippen molar-refractivity contribution in [3.05, 3.63) is 206 Å². The summed E-state index contributed by atoms with van der Waals surface area (Å²) >= 11 is 0. The second-order valence-electron chi connectivity index (χ2n) is 33.1. The second kappa shape index (κ2) is 24.5. The number of hydrogen-bond donors (Lipinski definition) is 5. The van der Waals surface area contributed by atoms with Crippen molar-refractivity contribution in [3.63, 3.8) is 0 Å². The molecule has 10 aliphatic carbocycles. The largest absolute Gasteiger partial charge is 0.481 e. The van der Waals surface area contributed by atoms with Crippen LogP contribution in [0.1, 0.15) is 189 Å². The van der Waals surface area contributed by atoms with Gasteiger partial charge in [-0.05, 0) is 249 Å². The molecule has 0 saturated heterocycles. The van der Waals surface area contributed by atoms with E-state index < -0.39 is 46.3 Å². The summed E-state index contributed by atoms with van der Waals surface area (Å²) in [5.74, 6) is 1.56. The van der Waals surface area contributed by atoms with E-state index in [9.17, 15) is 20.1 Å². The number of carboxylic acid groups (broad SMARTS) is 1. The molecule has 4 aromatic rings. The number of ether oxygens (including phenoxy) is 1. The molecule has 15 bridgehead atoms. The number of benzene rings is 4. The van der Waals surface area contributed by atoms with Crippen LogP contribution < -0.4 is 21.1 Å². The van der Waals surface area contributed by atoms with Crippen molar-refractivity contribution < 1.29 is 24.9 Å². The Morgan fingerprint density at radius 1 is 0.787 bits per heavy atom. The maximum absolute atomic E-state index is 14.9. The monoisotopic (exact) mass is 1260 g/mol. The molecule has 494 valence electrons. The molecule has 5 saturated carbocycles. The summed E-state index contributed by atoms with van der Waals surface area (Å²) in [7, 11) is 1.80. The summed E-state index contributed by atoms with van der Waals surface area (Å²) in [4.78, 5) is 14.9. The lowest BCUT2D eigenvalue weighted by molar-refractivity contribution is -0.198. The van der Waals surface area contributed by atoms with Gasteiger partial charge in [-0.1, -0.05) is 190 Å². The zero-order valence-corrected chi connectivity index (χ0v) is 56.8. The first kappa shape index (κ1) is 62.8. The van der Waals surface area contributed by atoms with Crippen LogP contribution in [0.15, 0.2) is 168 Å². The van der Waals surface area contributed by atoms with Crippen LogP contribution in [0.4, 0.5) is 0 Å². The Balaban J connectivity index is 0.874. The molecule has 3 spiro atoms. The molecule has 20 rings (SSSR count). The minimum Gasteiger partial charge on any atom is -0.481 e. The number of aryl methyl sites for hydroxylation is 1. The molecule has 6 heterocycles. The number of fused-ring (bicyclic) bond motifs is 1. The van der Waals surface area contributed by atoms with Gasteiger partial charge in [0, 0.05) is 53.7 Å². The first-order valence-corrected chi connectivity index (χ1v) is 37.5. The van der Waals surface area contributed by atoms with Crippen LogP contribution in [0.25, 0.3) is 17.2 Å². The third-order valence-electron chi connectivity index (χ3n) is 29.2. The molecule has 6 aliphatic heterocycles. The number of nitrogens with one attached hydrogen (secondary N) is 2. The number of aliphatic carboxylic acids is 1. The Morgan fingerprint density at radius 3 is 2.36 bits per heavy atom. The molecule has 0 aromatic heterocycles. The summed E-state index contributed by atoms with van der Waals surface area (Å²) in [6, 6.07) is 39.5. The van der Waals surface area contributed by atoms with Gasteiger partial charge in [-0.25, -0.2) is 0 Å². The normalized spacial score (nSPS) is 37.8. The Bertz CT molecular complexity index is 3870. The smallest absolute Gasteiger partial charge is 0.306 e. The topological polar surface area (TPSA) is 111 Å². The lowest BCUT2D eigenvalue weighted by Crippen LogP contribution is -2.70. The van der Waals surface area contributed by atoms with Crippen molar-refractivity contribution in [2.75, 3.05) is 26.8 Å². The van der Waals surface area contributed by atoms with Gasteiger partial charge in [0.2, 0.25) is 0 Å². The number of hydrogen-bond acceptors (Lipinski definition) is 6. The molecule has 94 heavy (non-hydrogen) atoms. The van der Waals surface area contributed by atoms with E-state index in [-0.39, 0.29) is 34.0 Å². The van der Waals surface area contributed by atoms with Crippen LogP contribution in [0.5, 0.6) is 0 Å². The van der Waals surface area contributed by atoms with Crippen LogP contribution in [0.2, 0.25) is 0 Å². The van der Waals surface area contributed by atoms with Gasteiger partial charge in [-0.3, -0.25) is 4.79 Å². The average Bonchev–Trinajstić information content (AvgIpc) is 1.12. The molecule has 14 atom stereocenters. The van der Waals surface area contributed by atoms with Crippen molar-refractivity contribution in [2.45, 2.75) is 192 Å². The average molecular weight is 1260 g/mol. The fourth-order valence-electron chi connectivity index (χ4n) is 25.4. The number of dihydropyridines is 1. The number of aliphatic hydroxyl groups excluding tert-OH is 2. The van der Waals surface area contributed by atoms with Crippen molar-refractivity contribution in [3.8, 4) is 0 Å². The molecule has 4 aromatic carbocycles. The first-order valence-electron chi connectivity index (χ1n) is 37.5. The Kier molecular flexibility index (Phi) is 16.4. The fraction of sp³-hybridized carbons (Fsp3) is 0.552. The van der Waals surface area contributed by atoms with Gasteiger partial charge in [-0.2, -0.15) is 0 Å². The summed E-state index contributed by atoms with van der Waals surface area (Å²) < 4.78 is 5.54. The van der Waals surface area contributed by atoms with E-state index in [1.54, 1.807) is 18.3 Å². The van der Waals surface area contributed by atoms with Gasteiger partial charge in [0.15, 0.2) is 0 Å². The highest BCUT2D eigenvalue weighted by atomic mass is 16.5. The number of aliphatic hydroxyl groups is 2. The Labute approximate surface area is 561 Å². The van der Waals surface area contributed by atoms with Gasteiger partial charge in [0.05, 0.1) is 30.6 Å². The molecular weight excluding hydrogens is 1150 g/mol. The summed E-state index contributed by atoms with van der Waals surface area (Å²) in [6.07, 6.45) is 39.1. The second-order valence-corrected chi connectivity index (χ2v) is 33.1. The number of carboxylic acids is 1. The molecule has 5 fully saturated rings. The maximum Gasteiger partial charge on any atom is 0.306 e. The van der Waals surface area contributed by atoms with E-state index in [0.29, 0.717) is 49.5 Å². The molecule has 5 N–H and O–H groups in total. The van der Waals surface area contributed by atoms with Crippen LogP contribution in [0, 0.1) is 79.8 Å². The van der Waals surface area contributed by atoms with Gasteiger partial charge in [-0.15, -0.1) is 0 Å². The van der Waals surface area contributed by atoms with Crippen LogP contribution in [0.3, 0.4) is 0 Å². The molecule has 14 unspecified atom stereocenters. The predicted molar refractivity (Wildman–Crippen MR) is 379 cm³/mol. The zero-order valence-electron chi connectivity index (χ0n) is 56.8. The van der Waals surface area contributed by atoms with E-state index in [2.05, 4.69) is 164 Å². The molecular formula is C87H106N2O5. The Morgan fingerprint density at radius 2 is 1.57 bits per heavy atom. The fourth-order valence-corrected chi connectivity index (χ4v) is 25.4. The first-order chi connectivity index (χ1) is 45.7. The minimum atomic E-state index is -0.754. The highest BCUT2D eigenvalue weighted by Gasteiger charge is 2.81. The number of allylic oxidation sites excluding steroid dienone is 9. The SMILES string of the molecule is C=C1CCC(C(=O)O)C2C(O)CC34C5=C(CC(CCC36CCC(C(CCc3ccccc3)c3ccc(CCOC)cc3)CC6)C24C)C23CCC(O)C4(C)CC=CC(C=C6C(=c7ccccc7=CC62)Cc2cccc(c2)C2=CC=C(NCCCC1C1CCCCC1)NC2)(C5)C43. The van der Waals surface area contributed by atoms with E-state index in [4.69, 9.17) is 11.3 Å². The summed E-state index contributed by atoms with van der Waals surface area (Å²) in [5, 5.41) is 49.3. The van der Waals surface area contributed by atoms with Gasteiger partial charge < -0.3 is 30.7 Å². The highest BCUT2D eigenvalue weighted by Crippen LogP contribution is 2.87. The van der Waals surface area contributed by atoms with Crippen LogP contribution in [-0.2, 0) is 28.8 Å². The Hall–Kier alpha value is -5.99. The van der Waals surface area contributed by atoms with Crippen molar-refractivity contribution >= 4 is 23.2 Å². The lowest BCUT2D eigenvalue weighted by atomic mass is 9.27. The van der Waals surface area contributed by atoms with E-state index in [0.717, 1.165) is 128 Å². The van der Waals surface area contributed by atoms with E-state index >= 15 is 0 Å². The predicted octanol–water partition coefficient (Wildman–Crippen LogP) is 16.3. The van der Waals surface area contributed by atoms with Crippen LogP contribution >= 0.6 is 0 Å². The highest BCUT2D eigenvalue weighted by molar-refractivity contribution is 5.78. The van der Waals surface area contributed by atoms with E-state index in [1.807, 2.05) is 0 Å². The van der Waals surface area contributed by atoms with Crippen molar-refractivity contribution in [1.29, 1.82) is 0 Å². The minimum absolute atomic E-state index is 0.0960. The van der Waals surface area contributed by atoms with E-state index in [1.165, 1.54) is 92.7 Å². The van der Waals surface area contributed by atoms with Crippen molar-refractivity contribution in [2.24, 2.45) is 79.8 Å². The van der Waals surface area contributed by atoms with Crippen molar-refractivity contribution in [1.82, 2.24) is 10.6 Å². The number of carbonyl (C=O) groups is 1. The molecule has 7 heteroatoms. The van der Waals surface area contributed by atoms with Crippen LogP contribution in [-0.4, -0.2) is 60.3 Å². The quantitative estimate of drug-likeness (QED) is 0.101. The van der Waals surface area contributed by atoms with Gasteiger partial charge in [0.1, 0.15) is 0 Å².